The van der Waals surface area contributed by atoms with Gasteiger partial charge >= 0.3 is 0 Å². The van der Waals surface area contributed by atoms with Gasteiger partial charge in [0.15, 0.2) is 0 Å². The highest BCUT2D eigenvalue weighted by molar-refractivity contribution is 5.86. The van der Waals surface area contributed by atoms with Crippen LogP contribution in [-0.4, -0.2) is 52.7 Å². The van der Waals surface area contributed by atoms with Crippen LogP contribution in [0.15, 0.2) is 18.3 Å². The lowest BCUT2D eigenvalue weighted by Gasteiger charge is -2.41. The van der Waals surface area contributed by atoms with E-state index in [4.69, 9.17) is 6.42 Å². The van der Waals surface area contributed by atoms with Crippen molar-refractivity contribution in [2.45, 2.75) is 57.1 Å². The molecule has 1 N–H and O–H groups in total. The van der Waals surface area contributed by atoms with E-state index in [2.05, 4.69) is 20.7 Å². The van der Waals surface area contributed by atoms with Crippen molar-refractivity contribution in [2.24, 2.45) is 5.41 Å². The van der Waals surface area contributed by atoms with Gasteiger partial charge in [0.2, 0.25) is 5.91 Å². The summed E-state index contributed by atoms with van der Waals surface area (Å²) in [6, 6.07) is 4.08. The second kappa shape index (κ2) is 6.92. The Bertz CT molecular complexity index is 720. The van der Waals surface area contributed by atoms with E-state index in [1.807, 2.05) is 12.1 Å². The van der Waals surface area contributed by atoms with Crippen molar-refractivity contribution in [3.8, 4) is 12.3 Å². The van der Waals surface area contributed by atoms with E-state index in [9.17, 15) is 9.90 Å². The molecule has 0 aromatic carbocycles. The number of aromatic nitrogens is 1. The highest BCUT2D eigenvalue weighted by Gasteiger charge is 2.50. The summed E-state index contributed by atoms with van der Waals surface area (Å²) in [5, 5.41) is 9.75. The zero-order valence-electron chi connectivity index (χ0n) is 15.2. The molecule has 1 aliphatic carbocycles. The van der Waals surface area contributed by atoms with Crippen LogP contribution < -0.4 is 4.90 Å². The van der Waals surface area contributed by atoms with Gasteiger partial charge in [-0.1, -0.05) is 5.92 Å². The monoisotopic (exact) mass is 353 g/mol. The standard InChI is InChI=1S/C21H27N3O2/c1-2-16-5-3-12-22-19(16)23-13-4-10-21(15-23)11-14-24(20(21)26)17-6-8-18(25)9-7-17/h1,3,5,12,17-18,25H,4,6-11,13-15H2/t17?,18?,21-/m1/s1. The molecule has 3 heterocycles. The number of pyridine rings is 1. The number of aliphatic hydroxyl groups is 1. The van der Waals surface area contributed by atoms with Crippen molar-refractivity contribution in [3.63, 3.8) is 0 Å². The quantitative estimate of drug-likeness (QED) is 0.828. The van der Waals surface area contributed by atoms with Crippen LogP contribution in [0, 0.1) is 17.8 Å². The molecule has 1 atom stereocenters. The van der Waals surface area contributed by atoms with Crippen LogP contribution in [0.25, 0.3) is 0 Å². The average Bonchev–Trinajstić information content (AvgIpc) is 2.98. The number of hydrogen-bond donors (Lipinski definition) is 1. The van der Waals surface area contributed by atoms with Crippen LogP contribution in [0.2, 0.25) is 0 Å². The highest BCUT2D eigenvalue weighted by atomic mass is 16.3. The second-order valence-corrected chi connectivity index (χ2v) is 8.04. The predicted molar refractivity (Wildman–Crippen MR) is 101 cm³/mol. The molecule has 26 heavy (non-hydrogen) atoms. The Morgan fingerprint density at radius 3 is 2.81 bits per heavy atom. The number of carbonyl (C=O) groups is 1. The minimum absolute atomic E-state index is 0.186. The molecule has 2 saturated heterocycles. The summed E-state index contributed by atoms with van der Waals surface area (Å²) >= 11 is 0. The minimum atomic E-state index is -0.294. The van der Waals surface area contributed by atoms with Gasteiger partial charge in [-0.25, -0.2) is 4.98 Å². The Morgan fingerprint density at radius 1 is 1.23 bits per heavy atom. The van der Waals surface area contributed by atoms with E-state index in [0.717, 1.165) is 69.4 Å². The van der Waals surface area contributed by atoms with E-state index < -0.39 is 0 Å². The van der Waals surface area contributed by atoms with Crippen LogP contribution in [0.1, 0.15) is 50.5 Å². The molecule has 5 heteroatoms. The maximum absolute atomic E-state index is 13.4. The van der Waals surface area contributed by atoms with Crippen molar-refractivity contribution in [1.29, 1.82) is 0 Å². The number of hydrogen-bond acceptors (Lipinski definition) is 4. The Balaban J connectivity index is 1.52. The van der Waals surface area contributed by atoms with Gasteiger partial charge in [-0.15, -0.1) is 6.42 Å². The van der Waals surface area contributed by atoms with Crippen molar-refractivity contribution in [3.05, 3.63) is 23.9 Å². The number of terminal acetylenes is 1. The Morgan fingerprint density at radius 2 is 2.04 bits per heavy atom. The molecule has 2 aliphatic heterocycles. The molecule has 3 fully saturated rings. The number of piperidine rings is 1. The predicted octanol–water partition coefficient (Wildman–Crippen LogP) is 2.19. The van der Waals surface area contributed by atoms with E-state index in [0.29, 0.717) is 18.5 Å². The summed E-state index contributed by atoms with van der Waals surface area (Å²) in [4.78, 5) is 22.2. The highest BCUT2D eigenvalue weighted by Crippen LogP contribution is 2.43. The topological polar surface area (TPSA) is 56.7 Å². The third kappa shape index (κ3) is 2.97. The third-order valence-corrected chi connectivity index (χ3v) is 6.47. The van der Waals surface area contributed by atoms with Gasteiger partial charge in [-0.2, -0.15) is 0 Å². The Kier molecular flexibility index (Phi) is 4.62. The van der Waals surface area contributed by atoms with Crippen LogP contribution in [0.5, 0.6) is 0 Å². The number of likely N-dealkylation sites (tertiary alicyclic amines) is 1. The number of nitrogens with zero attached hydrogens (tertiary/aromatic N) is 3. The summed E-state index contributed by atoms with van der Waals surface area (Å²) in [6.45, 7) is 2.46. The molecular weight excluding hydrogens is 326 g/mol. The lowest BCUT2D eigenvalue weighted by Crippen LogP contribution is -2.50. The molecule has 4 rings (SSSR count). The molecule has 1 spiro atoms. The van der Waals surface area contributed by atoms with Crippen molar-refractivity contribution < 1.29 is 9.90 Å². The number of rotatable bonds is 2. The first-order valence-electron chi connectivity index (χ1n) is 9.79. The fraction of sp³-hybridized carbons (Fsp3) is 0.619. The van der Waals surface area contributed by atoms with Gasteiger partial charge in [0.05, 0.1) is 17.1 Å². The molecule has 0 unspecified atom stereocenters. The summed E-state index contributed by atoms with van der Waals surface area (Å²) in [5.74, 6) is 3.87. The Hall–Kier alpha value is -2.06. The van der Waals surface area contributed by atoms with E-state index in [1.54, 1.807) is 6.20 Å². The molecular formula is C21H27N3O2. The first-order chi connectivity index (χ1) is 12.6. The molecule has 1 aromatic heterocycles. The zero-order valence-corrected chi connectivity index (χ0v) is 15.2. The lowest BCUT2D eigenvalue weighted by molar-refractivity contribution is -0.139. The summed E-state index contributed by atoms with van der Waals surface area (Å²) in [7, 11) is 0. The minimum Gasteiger partial charge on any atom is -0.393 e. The van der Waals surface area contributed by atoms with Crippen molar-refractivity contribution >= 4 is 11.7 Å². The van der Waals surface area contributed by atoms with E-state index >= 15 is 0 Å². The zero-order chi connectivity index (χ0) is 18.1. The van der Waals surface area contributed by atoms with Gasteiger partial charge in [-0.3, -0.25) is 4.79 Å². The molecule has 138 valence electrons. The number of anilines is 1. The van der Waals surface area contributed by atoms with Crippen LogP contribution >= 0.6 is 0 Å². The first-order valence-corrected chi connectivity index (χ1v) is 9.79. The third-order valence-electron chi connectivity index (χ3n) is 6.47. The molecule has 3 aliphatic rings. The van der Waals surface area contributed by atoms with Gasteiger partial charge < -0.3 is 14.9 Å². The van der Waals surface area contributed by atoms with Gasteiger partial charge in [0.25, 0.3) is 0 Å². The first kappa shape index (κ1) is 17.4. The van der Waals surface area contributed by atoms with E-state index in [1.165, 1.54) is 0 Å². The number of carbonyl (C=O) groups excluding carboxylic acids is 1. The smallest absolute Gasteiger partial charge is 0.230 e. The lowest BCUT2D eigenvalue weighted by atomic mass is 9.78. The average molecular weight is 353 g/mol. The second-order valence-electron chi connectivity index (χ2n) is 8.04. The van der Waals surface area contributed by atoms with Gasteiger partial charge in [-0.05, 0) is 57.1 Å². The van der Waals surface area contributed by atoms with Crippen LogP contribution in [-0.2, 0) is 4.79 Å². The molecule has 1 amide bonds. The molecule has 0 radical (unpaired) electrons. The maximum Gasteiger partial charge on any atom is 0.230 e. The SMILES string of the molecule is C#Cc1cccnc1N1CCC[C@@]2(CCN(C3CCC(O)CC3)C2=O)C1. The van der Waals surface area contributed by atoms with Crippen molar-refractivity contribution in [2.75, 3.05) is 24.5 Å². The van der Waals surface area contributed by atoms with Crippen LogP contribution in [0.3, 0.4) is 0 Å². The molecule has 1 aromatic rings. The largest absolute Gasteiger partial charge is 0.393 e. The normalized spacial score (nSPS) is 32.1. The fourth-order valence-electron chi connectivity index (χ4n) is 5.02. The van der Waals surface area contributed by atoms with Crippen molar-refractivity contribution in [1.82, 2.24) is 9.88 Å². The van der Waals surface area contributed by atoms with Gasteiger partial charge in [0.1, 0.15) is 5.82 Å². The molecule has 5 nitrogen and oxygen atoms in total. The fourth-order valence-corrected chi connectivity index (χ4v) is 5.02. The Labute approximate surface area is 155 Å². The molecule has 1 saturated carbocycles. The summed E-state index contributed by atoms with van der Waals surface area (Å²) in [6.07, 6.45) is 13.6. The summed E-state index contributed by atoms with van der Waals surface area (Å²) in [5.41, 5.74) is 0.505. The number of amides is 1. The van der Waals surface area contributed by atoms with Gasteiger partial charge in [0, 0.05) is 31.9 Å². The maximum atomic E-state index is 13.4. The van der Waals surface area contributed by atoms with Crippen LogP contribution in [0.4, 0.5) is 5.82 Å². The summed E-state index contributed by atoms with van der Waals surface area (Å²) < 4.78 is 0. The molecule has 0 bridgehead atoms. The van der Waals surface area contributed by atoms with E-state index in [-0.39, 0.29) is 11.5 Å². The number of aliphatic hydroxyl groups excluding tert-OH is 1.